The lowest BCUT2D eigenvalue weighted by molar-refractivity contribution is -0.116. The van der Waals surface area contributed by atoms with Crippen LogP contribution in [0.5, 0.6) is 0 Å². The van der Waals surface area contributed by atoms with Crippen molar-refractivity contribution < 1.29 is 4.79 Å². The van der Waals surface area contributed by atoms with Crippen molar-refractivity contribution in [1.82, 2.24) is 4.98 Å². The van der Waals surface area contributed by atoms with Crippen LogP contribution in [0.3, 0.4) is 0 Å². The molecule has 2 rings (SSSR count). The summed E-state index contributed by atoms with van der Waals surface area (Å²) in [6.45, 7) is 2.07. The SMILES string of the molecule is CCCCC(=O)Nc1ncc(Cc2ccc(Cl)cc2)s1. The maximum atomic E-state index is 11.6. The Morgan fingerprint density at radius 1 is 1.35 bits per heavy atom. The lowest BCUT2D eigenvalue weighted by Crippen LogP contribution is -2.10. The second-order valence-corrected chi connectivity index (χ2v) is 6.14. The first-order valence-electron chi connectivity index (χ1n) is 6.66. The van der Waals surface area contributed by atoms with E-state index in [1.165, 1.54) is 16.9 Å². The minimum atomic E-state index is 0.0410. The molecule has 0 unspecified atom stereocenters. The van der Waals surface area contributed by atoms with Crippen LogP contribution < -0.4 is 5.32 Å². The van der Waals surface area contributed by atoms with Crippen LogP contribution in [0, 0.1) is 0 Å². The molecule has 0 aliphatic carbocycles. The second kappa shape index (κ2) is 7.41. The van der Waals surface area contributed by atoms with Crippen molar-refractivity contribution in [3.05, 3.63) is 45.9 Å². The average molecular weight is 309 g/mol. The number of nitrogens with zero attached hydrogens (tertiary/aromatic N) is 1. The topological polar surface area (TPSA) is 42.0 Å². The Bertz CT molecular complexity index is 566. The molecular formula is C15H17ClN2OS. The standard InChI is InChI=1S/C15H17ClN2OS/c1-2-3-4-14(19)18-15-17-10-13(20-15)9-11-5-7-12(16)8-6-11/h5-8,10H,2-4,9H2,1H3,(H,17,18,19). The maximum absolute atomic E-state index is 11.6. The molecule has 0 radical (unpaired) electrons. The first kappa shape index (κ1) is 15.0. The summed E-state index contributed by atoms with van der Waals surface area (Å²) in [7, 11) is 0. The molecule has 1 heterocycles. The van der Waals surface area contributed by atoms with Crippen LogP contribution in [0.15, 0.2) is 30.5 Å². The molecule has 0 fully saturated rings. The Kier molecular flexibility index (Phi) is 5.56. The number of unbranched alkanes of at least 4 members (excludes halogenated alkanes) is 1. The Labute approximate surface area is 128 Å². The van der Waals surface area contributed by atoms with Gasteiger partial charge in [-0.05, 0) is 24.1 Å². The molecule has 1 aromatic heterocycles. The van der Waals surface area contributed by atoms with E-state index in [-0.39, 0.29) is 5.91 Å². The molecule has 2 aromatic rings. The molecule has 0 aliphatic rings. The highest BCUT2D eigenvalue weighted by atomic mass is 35.5. The van der Waals surface area contributed by atoms with Crippen molar-refractivity contribution in [3.8, 4) is 0 Å². The van der Waals surface area contributed by atoms with Crippen LogP contribution in [0.25, 0.3) is 0 Å². The zero-order valence-corrected chi connectivity index (χ0v) is 12.9. The fourth-order valence-corrected chi connectivity index (χ4v) is 2.76. The molecule has 0 saturated heterocycles. The summed E-state index contributed by atoms with van der Waals surface area (Å²) in [5.41, 5.74) is 1.18. The fourth-order valence-electron chi connectivity index (χ4n) is 1.77. The molecular weight excluding hydrogens is 292 g/mol. The molecule has 1 amide bonds. The van der Waals surface area contributed by atoms with Gasteiger partial charge in [0.05, 0.1) is 0 Å². The Balaban J connectivity index is 1.91. The second-order valence-electron chi connectivity index (χ2n) is 4.59. The van der Waals surface area contributed by atoms with Gasteiger partial charge in [0.15, 0.2) is 5.13 Å². The van der Waals surface area contributed by atoms with Crippen LogP contribution in [-0.2, 0) is 11.2 Å². The van der Waals surface area contributed by atoms with E-state index >= 15 is 0 Å². The first-order chi connectivity index (χ1) is 9.67. The number of carbonyl (C=O) groups is 1. The summed E-state index contributed by atoms with van der Waals surface area (Å²) in [5, 5.41) is 4.25. The van der Waals surface area contributed by atoms with Crippen LogP contribution in [0.1, 0.15) is 36.6 Å². The van der Waals surface area contributed by atoms with E-state index in [9.17, 15) is 4.79 Å². The van der Waals surface area contributed by atoms with Gasteiger partial charge in [-0.15, -0.1) is 11.3 Å². The largest absolute Gasteiger partial charge is 0.302 e. The molecule has 0 spiro atoms. The predicted molar refractivity (Wildman–Crippen MR) is 84.5 cm³/mol. The van der Waals surface area contributed by atoms with Gasteiger partial charge in [0, 0.05) is 28.9 Å². The van der Waals surface area contributed by atoms with Gasteiger partial charge in [0.1, 0.15) is 0 Å². The van der Waals surface area contributed by atoms with Gasteiger partial charge in [-0.3, -0.25) is 4.79 Å². The number of carbonyl (C=O) groups excluding carboxylic acids is 1. The fraction of sp³-hybridized carbons (Fsp3) is 0.333. The summed E-state index contributed by atoms with van der Waals surface area (Å²) < 4.78 is 0. The van der Waals surface area contributed by atoms with E-state index in [1.54, 1.807) is 0 Å². The van der Waals surface area contributed by atoms with Crippen molar-refractivity contribution in [1.29, 1.82) is 0 Å². The van der Waals surface area contributed by atoms with Gasteiger partial charge >= 0.3 is 0 Å². The lowest BCUT2D eigenvalue weighted by atomic mass is 10.1. The van der Waals surface area contributed by atoms with Gasteiger partial charge in [-0.25, -0.2) is 4.98 Å². The molecule has 106 valence electrons. The number of halogens is 1. The molecule has 0 saturated carbocycles. The molecule has 5 heteroatoms. The third-order valence-corrected chi connectivity index (χ3v) is 4.01. The van der Waals surface area contributed by atoms with Crippen molar-refractivity contribution in [3.63, 3.8) is 0 Å². The highest BCUT2D eigenvalue weighted by molar-refractivity contribution is 7.15. The molecule has 0 aliphatic heterocycles. The maximum Gasteiger partial charge on any atom is 0.226 e. The summed E-state index contributed by atoms with van der Waals surface area (Å²) in [5.74, 6) is 0.0410. The number of anilines is 1. The number of amides is 1. The molecule has 0 atom stereocenters. The number of hydrogen-bond acceptors (Lipinski definition) is 3. The molecule has 20 heavy (non-hydrogen) atoms. The summed E-state index contributed by atoms with van der Waals surface area (Å²) in [6.07, 6.45) is 5.11. The monoisotopic (exact) mass is 308 g/mol. The van der Waals surface area contributed by atoms with Crippen LogP contribution in [0.4, 0.5) is 5.13 Å². The summed E-state index contributed by atoms with van der Waals surface area (Å²) in [4.78, 5) is 17.0. The van der Waals surface area contributed by atoms with Gasteiger partial charge in [-0.1, -0.05) is 37.1 Å². The van der Waals surface area contributed by atoms with Gasteiger partial charge in [-0.2, -0.15) is 0 Å². The Hall–Kier alpha value is -1.39. The van der Waals surface area contributed by atoms with Crippen molar-refractivity contribution >= 4 is 34.0 Å². The Morgan fingerprint density at radius 2 is 2.10 bits per heavy atom. The third kappa shape index (κ3) is 4.62. The third-order valence-electron chi connectivity index (χ3n) is 2.85. The van der Waals surface area contributed by atoms with E-state index in [4.69, 9.17) is 11.6 Å². The number of hydrogen-bond donors (Lipinski definition) is 1. The van der Waals surface area contributed by atoms with Crippen LogP contribution in [-0.4, -0.2) is 10.9 Å². The highest BCUT2D eigenvalue weighted by Gasteiger charge is 2.07. The number of thiazole rings is 1. The summed E-state index contributed by atoms with van der Waals surface area (Å²) in [6, 6.07) is 7.76. The van der Waals surface area contributed by atoms with E-state index in [1.807, 2.05) is 30.5 Å². The molecule has 1 aromatic carbocycles. The highest BCUT2D eigenvalue weighted by Crippen LogP contribution is 2.22. The number of rotatable bonds is 6. The van der Waals surface area contributed by atoms with Crippen molar-refractivity contribution in [2.24, 2.45) is 0 Å². The quantitative estimate of drug-likeness (QED) is 0.852. The van der Waals surface area contributed by atoms with Crippen LogP contribution >= 0.6 is 22.9 Å². The predicted octanol–water partition coefficient (Wildman–Crippen LogP) is 4.52. The smallest absolute Gasteiger partial charge is 0.226 e. The van der Waals surface area contributed by atoms with E-state index in [0.29, 0.717) is 11.6 Å². The Morgan fingerprint density at radius 3 is 2.80 bits per heavy atom. The van der Waals surface area contributed by atoms with Crippen molar-refractivity contribution in [2.75, 3.05) is 5.32 Å². The van der Waals surface area contributed by atoms with Crippen LogP contribution in [0.2, 0.25) is 5.02 Å². The zero-order valence-electron chi connectivity index (χ0n) is 11.4. The lowest BCUT2D eigenvalue weighted by Gasteiger charge is -2.00. The van der Waals surface area contributed by atoms with E-state index in [2.05, 4.69) is 17.2 Å². The average Bonchev–Trinajstić information content (AvgIpc) is 2.86. The summed E-state index contributed by atoms with van der Waals surface area (Å²) >= 11 is 7.38. The van der Waals surface area contributed by atoms with Gasteiger partial charge < -0.3 is 5.32 Å². The number of aromatic nitrogens is 1. The molecule has 1 N–H and O–H groups in total. The van der Waals surface area contributed by atoms with E-state index in [0.717, 1.165) is 29.2 Å². The molecule has 0 bridgehead atoms. The van der Waals surface area contributed by atoms with Gasteiger partial charge in [0.25, 0.3) is 0 Å². The van der Waals surface area contributed by atoms with Gasteiger partial charge in [0.2, 0.25) is 5.91 Å². The minimum absolute atomic E-state index is 0.0410. The van der Waals surface area contributed by atoms with E-state index < -0.39 is 0 Å². The number of nitrogens with one attached hydrogen (secondary N) is 1. The molecule has 3 nitrogen and oxygen atoms in total. The number of benzene rings is 1. The van der Waals surface area contributed by atoms with Crippen molar-refractivity contribution in [2.45, 2.75) is 32.6 Å². The normalized spacial score (nSPS) is 10.5. The first-order valence-corrected chi connectivity index (χ1v) is 7.86. The minimum Gasteiger partial charge on any atom is -0.302 e. The zero-order chi connectivity index (χ0) is 14.4.